The van der Waals surface area contributed by atoms with E-state index >= 15 is 0 Å². The molecule has 3 N–H and O–H groups in total. The van der Waals surface area contributed by atoms with Crippen molar-refractivity contribution >= 4 is 40.5 Å². The topological polar surface area (TPSA) is 62.4 Å². The molecule has 0 bridgehead atoms. The van der Waals surface area contributed by atoms with Crippen molar-refractivity contribution in [2.75, 3.05) is 11.9 Å². The van der Waals surface area contributed by atoms with E-state index in [-0.39, 0.29) is 11.0 Å². The summed E-state index contributed by atoms with van der Waals surface area (Å²) in [5.41, 5.74) is 6.36. The van der Waals surface area contributed by atoms with Gasteiger partial charge in [-0.25, -0.2) is 0 Å². The van der Waals surface area contributed by atoms with Gasteiger partial charge in [0.2, 0.25) is 0 Å². The Morgan fingerprint density at radius 1 is 1.17 bits per heavy atom. The molecule has 2 rings (SSSR count). The number of benzene rings is 2. The first-order valence-corrected chi connectivity index (χ1v) is 7.73. The lowest BCUT2D eigenvalue weighted by Gasteiger charge is -2.12. The monoisotopic (exact) mass is 349 g/mol. The molecule has 5 nitrogen and oxygen atoms in total. The maximum Gasteiger partial charge on any atom is 0.269 e. The van der Waals surface area contributed by atoms with Crippen LogP contribution in [0.4, 0.5) is 5.69 Å². The molecule has 120 valence electrons. The second kappa shape index (κ2) is 8.36. The zero-order valence-corrected chi connectivity index (χ0v) is 14.0. The molecule has 2 aromatic carbocycles. The number of carbonyl (C=O) groups excluding carboxylic acids is 1. The number of halogens is 1. The van der Waals surface area contributed by atoms with Crippen molar-refractivity contribution in [1.29, 1.82) is 0 Å². The van der Waals surface area contributed by atoms with Crippen LogP contribution in [0.1, 0.15) is 17.3 Å². The van der Waals surface area contributed by atoms with Gasteiger partial charge in [0.15, 0.2) is 5.11 Å². The lowest BCUT2D eigenvalue weighted by molar-refractivity contribution is 0.0944. The van der Waals surface area contributed by atoms with Gasteiger partial charge in [-0.3, -0.25) is 15.6 Å². The first-order chi connectivity index (χ1) is 11.1. The van der Waals surface area contributed by atoms with E-state index < -0.39 is 0 Å². The fourth-order valence-corrected chi connectivity index (χ4v) is 2.14. The van der Waals surface area contributed by atoms with E-state index in [1.807, 2.05) is 31.2 Å². The minimum atomic E-state index is -0.330. The number of amides is 1. The molecule has 1 amide bonds. The van der Waals surface area contributed by atoms with E-state index in [2.05, 4.69) is 16.2 Å². The SMILES string of the molecule is CCOc1ccc(NC(=S)NNC(=O)c2cccc(Cl)c2)cc1. The molecular formula is C16H16ClN3O2S. The molecule has 0 spiro atoms. The fraction of sp³-hybridized carbons (Fsp3) is 0.125. The molecule has 0 aliphatic rings. The molecule has 0 saturated heterocycles. The summed E-state index contributed by atoms with van der Waals surface area (Å²) < 4.78 is 5.36. The Kier molecular flexibility index (Phi) is 6.19. The molecule has 2 aromatic rings. The zero-order chi connectivity index (χ0) is 16.7. The second-order valence-corrected chi connectivity index (χ2v) is 5.35. The van der Waals surface area contributed by atoms with Crippen LogP contribution in [-0.4, -0.2) is 17.6 Å². The van der Waals surface area contributed by atoms with E-state index in [9.17, 15) is 4.79 Å². The van der Waals surface area contributed by atoms with Crippen LogP contribution in [-0.2, 0) is 0 Å². The van der Waals surface area contributed by atoms with Gasteiger partial charge in [0.25, 0.3) is 5.91 Å². The number of hydrogen-bond acceptors (Lipinski definition) is 3. The van der Waals surface area contributed by atoms with Gasteiger partial charge in [0, 0.05) is 16.3 Å². The van der Waals surface area contributed by atoms with Crippen LogP contribution in [0.15, 0.2) is 48.5 Å². The third kappa shape index (κ3) is 5.43. The summed E-state index contributed by atoms with van der Waals surface area (Å²) in [6, 6.07) is 14.0. The largest absolute Gasteiger partial charge is 0.494 e. The van der Waals surface area contributed by atoms with E-state index in [0.29, 0.717) is 17.2 Å². The highest BCUT2D eigenvalue weighted by Gasteiger charge is 2.06. The van der Waals surface area contributed by atoms with Gasteiger partial charge in [-0.1, -0.05) is 17.7 Å². The Labute approximate surface area is 145 Å². The number of carbonyl (C=O) groups is 1. The summed E-state index contributed by atoms with van der Waals surface area (Å²) in [6.07, 6.45) is 0. The Hall–Kier alpha value is -2.31. The van der Waals surface area contributed by atoms with Crippen LogP contribution in [0.2, 0.25) is 5.02 Å². The van der Waals surface area contributed by atoms with Crippen LogP contribution >= 0.6 is 23.8 Å². The predicted octanol–water partition coefficient (Wildman–Crippen LogP) is 3.37. The number of hydrogen-bond donors (Lipinski definition) is 3. The molecule has 0 atom stereocenters. The molecule has 0 unspecified atom stereocenters. The maximum atomic E-state index is 11.9. The smallest absolute Gasteiger partial charge is 0.269 e. The molecule has 0 aliphatic carbocycles. The predicted molar refractivity (Wildman–Crippen MR) is 95.9 cm³/mol. The standard InChI is InChI=1S/C16H16ClN3O2S/c1-2-22-14-8-6-13(7-9-14)18-16(23)20-19-15(21)11-4-3-5-12(17)10-11/h3-10H,2H2,1H3,(H,19,21)(H2,18,20,23). The van der Waals surface area contributed by atoms with Crippen molar-refractivity contribution < 1.29 is 9.53 Å². The van der Waals surface area contributed by atoms with E-state index in [1.54, 1.807) is 24.3 Å². The summed E-state index contributed by atoms with van der Waals surface area (Å²) in [4.78, 5) is 11.9. The van der Waals surface area contributed by atoms with Crippen LogP contribution in [0.5, 0.6) is 5.75 Å². The molecule has 0 aromatic heterocycles. The average Bonchev–Trinajstić information content (AvgIpc) is 2.55. The molecule has 0 fully saturated rings. The van der Waals surface area contributed by atoms with Gasteiger partial charge < -0.3 is 10.1 Å². The lowest BCUT2D eigenvalue weighted by Crippen LogP contribution is -2.43. The quantitative estimate of drug-likeness (QED) is 0.583. The highest BCUT2D eigenvalue weighted by Crippen LogP contribution is 2.15. The first kappa shape index (κ1) is 17.1. The number of ether oxygens (including phenoxy) is 1. The van der Waals surface area contributed by atoms with Crippen molar-refractivity contribution in [3.05, 3.63) is 59.1 Å². The molecule has 0 heterocycles. The number of thiocarbonyl (C=S) groups is 1. The molecular weight excluding hydrogens is 334 g/mol. The summed E-state index contributed by atoms with van der Waals surface area (Å²) >= 11 is 11.0. The fourth-order valence-electron chi connectivity index (χ4n) is 1.78. The Morgan fingerprint density at radius 3 is 2.57 bits per heavy atom. The molecule has 0 aliphatic heterocycles. The van der Waals surface area contributed by atoms with Crippen LogP contribution < -0.4 is 20.9 Å². The first-order valence-electron chi connectivity index (χ1n) is 6.94. The summed E-state index contributed by atoms with van der Waals surface area (Å²) in [6.45, 7) is 2.54. The number of anilines is 1. The van der Waals surface area contributed by atoms with Crippen molar-refractivity contribution in [3.63, 3.8) is 0 Å². The van der Waals surface area contributed by atoms with Gasteiger partial charge in [0.05, 0.1) is 6.61 Å². The minimum absolute atomic E-state index is 0.268. The highest BCUT2D eigenvalue weighted by atomic mass is 35.5. The summed E-state index contributed by atoms with van der Waals surface area (Å²) in [5.74, 6) is 0.453. The average molecular weight is 350 g/mol. The normalized spacial score (nSPS) is 9.83. The third-order valence-electron chi connectivity index (χ3n) is 2.80. The molecule has 0 radical (unpaired) electrons. The minimum Gasteiger partial charge on any atom is -0.494 e. The zero-order valence-electron chi connectivity index (χ0n) is 12.4. The van der Waals surface area contributed by atoms with Crippen LogP contribution in [0.3, 0.4) is 0 Å². The Morgan fingerprint density at radius 2 is 1.91 bits per heavy atom. The van der Waals surface area contributed by atoms with Crippen molar-refractivity contribution in [1.82, 2.24) is 10.9 Å². The summed E-state index contributed by atoms with van der Waals surface area (Å²) in [7, 11) is 0. The number of nitrogens with one attached hydrogen (secondary N) is 3. The Bertz CT molecular complexity index is 692. The lowest BCUT2D eigenvalue weighted by atomic mass is 10.2. The second-order valence-electron chi connectivity index (χ2n) is 4.50. The van der Waals surface area contributed by atoms with Gasteiger partial charge in [-0.05, 0) is 61.6 Å². The molecule has 23 heavy (non-hydrogen) atoms. The van der Waals surface area contributed by atoms with Crippen molar-refractivity contribution in [2.24, 2.45) is 0 Å². The van der Waals surface area contributed by atoms with Crippen LogP contribution in [0, 0.1) is 0 Å². The van der Waals surface area contributed by atoms with E-state index in [1.165, 1.54) is 0 Å². The van der Waals surface area contributed by atoms with Crippen molar-refractivity contribution in [2.45, 2.75) is 6.92 Å². The van der Waals surface area contributed by atoms with Gasteiger partial charge in [-0.15, -0.1) is 0 Å². The van der Waals surface area contributed by atoms with E-state index in [0.717, 1.165) is 11.4 Å². The van der Waals surface area contributed by atoms with Crippen molar-refractivity contribution in [3.8, 4) is 5.75 Å². The van der Waals surface area contributed by atoms with Crippen LogP contribution in [0.25, 0.3) is 0 Å². The maximum absolute atomic E-state index is 11.9. The molecule has 0 saturated carbocycles. The van der Waals surface area contributed by atoms with Gasteiger partial charge in [0.1, 0.15) is 5.75 Å². The summed E-state index contributed by atoms with van der Waals surface area (Å²) in [5, 5.41) is 3.71. The van der Waals surface area contributed by atoms with Gasteiger partial charge >= 0.3 is 0 Å². The highest BCUT2D eigenvalue weighted by molar-refractivity contribution is 7.80. The molecule has 7 heteroatoms. The van der Waals surface area contributed by atoms with Gasteiger partial charge in [-0.2, -0.15) is 0 Å². The Balaban J connectivity index is 1.84. The number of rotatable bonds is 4. The van der Waals surface area contributed by atoms with E-state index in [4.69, 9.17) is 28.6 Å². The third-order valence-corrected chi connectivity index (χ3v) is 3.24. The number of hydrazine groups is 1.